The third-order valence-corrected chi connectivity index (χ3v) is 18.7. The second-order valence-electron chi connectivity index (χ2n) is 24.2. The molecule has 444 valence electrons. The second-order valence-corrected chi connectivity index (χ2v) is 24.2. The van der Waals surface area contributed by atoms with Crippen LogP contribution in [-0.2, 0) is 0 Å². The van der Waals surface area contributed by atoms with Crippen LogP contribution in [0.25, 0.3) is 198 Å². The summed E-state index contributed by atoms with van der Waals surface area (Å²) in [6.07, 6.45) is 9.24. The monoisotopic (exact) mass is 1220 g/mol. The van der Waals surface area contributed by atoms with E-state index in [2.05, 4.69) is 253 Å². The van der Waals surface area contributed by atoms with E-state index < -0.39 is 0 Å². The number of aromatic nitrogens is 10. The Bertz CT molecular complexity index is 6600. The van der Waals surface area contributed by atoms with Crippen molar-refractivity contribution in [3.63, 3.8) is 0 Å². The fraction of sp³-hybridized carbons (Fsp3) is 0. The summed E-state index contributed by atoms with van der Waals surface area (Å²) in [5, 5.41) is 12.9. The summed E-state index contributed by atoms with van der Waals surface area (Å²) in [7, 11) is 0. The Labute approximate surface area is 548 Å². The lowest BCUT2D eigenvalue weighted by Gasteiger charge is -2.15. The molecule has 10 aromatic heterocycles. The Morgan fingerprint density at radius 3 is 1.22 bits per heavy atom. The van der Waals surface area contributed by atoms with Gasteiger partial charge < -0.3 is 0 Å². The fourth-order valence-corrected chi connectivity index (χ4v) is 14.2. The van der Waals surface area contributed by atoms with Crippen molar-refractivity contribution in [2.45, 2.75) is 0 Å². The molecule has 10 heterocycles. The van der Waals surface area contributed by atoms with Crippen molar-refractivity contribution < 1.29 is 0 Å². The van der Waals surface area contributed by atoms with Gasteiger partial charge in [-0.05, 0) is 112 Å². The summed E-state index contributed by atoms with van der Waals surface area (Å²) in [6.45, 7) is 0. The molecule has 0 N–H and O–H groups in total. The van der Waals surface area contributed by atoms with Gasteiger partial charge in [-0.3, -0.25) is 24.9 Å². The van der Waals surface area contributed by atoms with Crippen LogP contribution in [0.3, 0.4) is 0 Å². The fourth-order valence-electron chi connectivity index (χ4n) is 14.2. The van der Waals surface area contributed by atoms with Crippen molar-refractivity contribution in [3.8, 4) is 67.2 Å². The first kappa shape index (κ1) is 54.5. The van der Waals surface area contributed by atoms with Crippen molar-refractivity contribution in [1.29, 1.82) is 0 Å². The Morgan fingerprint density at radius 2 is 0.604 bits per heavy atom. The molecule has 0 fully saturated rings. The molecule has 0 amide bonds. The smallest absolute Gasteiger partial charge is 0.0978 e. The molecule has 0 unspecified atom stereocenters. The van der Waals surface area contributed by atoms with Crippen LogP contribution in [0.15, 0.2) is 304 Å². The summed E-state index contributed by atoms with van der Waals surface area (Å²) >= 11 is 0. The summed E-state index contributed by atoms with van der Waals surface area (Å²) in [5.74, 6) is 0. The number of nitrogens with zero attached hydrogens (tertiary/aromatic N) is 10. The number of hydrogen-bond donors (Lipinski definition) is 0. The maximum atomic E-state index is 5.33. The first-order chi connectivity index (χ1) is 47.6. The minimum atomic E-state index is 0.816. The quantitative estimate of drug-likeness (QED) is 0.117. The van der Waals surface area contributed by atoms with Gasteiger partial charge in [0.1, 0.15) is 0 Å². The molecule has 0 aliphatic heterocycles. The van der Waals surface area contributed by atoms with Gasteiger partial charge in [0, 0.05) is 112 Å². The maximum absolute atomic E-state index is 5.33. The summed E-state index contributed by atoms with van der Waals surface area (Å²) in [6, 6.07) is 94.7. The number of pyridine rings is 10. The van der Waals surface area contributed by atoms with Gasteiger partial charge in [-0.15, -0.1) is 0 Å². The standard InChI is InChI=1S/2C43H25N5/c1-2-8-26(9-3-1)38-33-11-4-5-13-36(33)48-43-35(38)18-15-28-16-21-37(47-40(28)43)34-20-19-29(31-12-7-24-45-41(31)34)30-22-25-46-42-32(30)17-14-27-10-6-23-44-39(27)42;1-2-7-26(8-3-1)39-33-10-4-5-11-36(33)47-43-34(39)18-13-28-14-20-38(48-41(28)43)37-21-16-30-25-29(15-19-35(30)46-37)31-22-24-45-42-32(31)17-12-27-9-6-23-44-40(27)42/h2*1-25H. The zero-order chi connectivity index (χ0) is 63.2. The zero-order valence-electron chi connectivity index (χ0n) is 51.3. The SMILES string of the molecule is c1ccc(-c2c3ccccc3nc3c2ccc2ccc(-c4ccc(-c5ccnc6c5ccc5cccnc56)c5cccnc45)nc23)cc1.c1ccc(-c2c3ccccc3nc3c2ccc2ccc(-c4ccc5cc(-c6ccnc7c6ccc6cccnc67)ccc5n4)nc23)cc1. The van der Waals surface area contributed by atoms with Gasteiger partial charge >= 0.3 is 0 Å². The molecule has 10 aromatic carbocycles. The van der Waals surface area contributed by atoms with Gasteiger partial charge in [0.2, 0.25) is 0 Å². The van der Waals surface area contributed by atoms with Crippen LogP contribution >= 0.6 is 0 Å². The number of fused-ring (bicyclic) bond motifs is 16. The first-order valence-electron chi connectivity index (χ1n) is 32.0. The van der Waals surface area contributed by atoms with E-state index in [-0.39, 0.29) is 0 Å². The highest BCUT2D eigenvalue weighted by molar-refractivity contribution is 6.19. The van der Waals surface area contributed by atoms with Crippen molar-refractivity contribution in [2.24, 2.45) is 0 Å². The molecule has 20 aromatic rings. The molecule has 0 aliphatic carbocycles. The Morgan fingerprint density at radius 1 is 0.177 bits per heavy atom. The molecule has 10 nitrogen and oxygen atoms in total. The van der Waals surface area contributed by atoms with Gasteiger partial charge in [-0.25, -0.2) is 24.9 Å². The highest BCUT2D eigenvalue weighted by atomic mass is 14.8. The van der Waals surface area contributed by atoms with Gasteiger partial charge in [-0.1, -0.05) is 194 Å². The molecule has 0 radical (unpaired) electrons. The molecule has 0 saturated heterocycles. The van der Waals surface area contributed by atoms with E-state index in [1.54, 1.807) is 0 Å². The van der Waals surface area contributed by atoms with E-state index in [1.165, 1.54) is 11.1 Å². The van der Waals surface area contributed by atoms with Crippen LogP contribution in [0, 0.1) is 0 Å². The Kier molecular flexibility index (Phi) is 12.7. The van der Waals surface area contributed by atoms with Crippen LogP contribution in [0.5, 0.6) is 0 Å². The second kappa shape index (κ2) is 22.3. The Hall–Kier alpha value is -13.2. The molecule has 0 spiro atoms. The molecule has 10 heteroatoms. The van der Waals surface area contributed by atoms with Crippen LogP contribution in [0.2, 0.25) is 0 Å². The number of rotatable bonds is 6. The third-order valence-electron chi connectivity index (χ3n) is 18.7. The van der Waals surface area contributed by atoms with Crippen LogP contribution in [-0.4, -0.2) is 49.8 Å². The van der Waals surface area contributed by atoms with Crippen molar-refractivity contribution >= 4 is 131 Å². The van der Waals surface area contributed by atoms with Crippen LogP contribution in [0.1, 0.15) is 0 Å². The normalized spacial score (nSPS) is 11.8. The highest BCUT2D eigenvalue weighted by Gasteiger charge is 2.20. The maximum Gasteiger partial charge on any atom is 0.0978 e. The third kappa shape index (κ3) is 9.03. The molecule has 0 saturated carbocycles. The molecular weight excluding hydrogens is 1170 g/mol. The van der Waals surface area contributed by atoms with Crippen molar-refractivity contribution in [2.75, 3.05) is 0 Å². The average Bonchev–Trinajstić information content (AvgIpc) is 0.764. The van der Waals surface area contributed by atoms with Gasteiger partial charge in [0.25, 0.3) is 0 Å². The van der Waals surface area contributed by atoms with Gasteiger partial charge in [0.15, 0.2) is 0 Å². The lowest BCUT2D eigenvalue weighted by Crippen LogP contribution is -1.94. The van der Waals surface area contributed by atoms with Crippen LogP contribution < -0.4 is 0 Å². The lowest BCUT2D eigenvalue weighted by atomic mass is 9.93. The van der Waals surface area contributed by atoms with Gasteiger partial charge in [-0.2, -0.15) is 0 Å². The van der Waals surface area contributed by atoms with Crippen molar-refractivity contribution in [1.82, 2.24) is 49.8 Å². The zero-order valence-corrected chi connectivity index (χ0v) is 51.3. The summed E-state index contributed by atoms with van der Waals surface area (Å²) in [5.41, 5.74) is 23.4. The average molecular weight is 1220 g/mol. The molecule has 20 rings (SSSR count). The first-order valence-corrected chi connectivity index (χ1v) is 32.0. The predicted octanol–water partition coefficient (Wildman–Crippen LogP) is 21.2. The van der Waals surface area contributed by atoms with Crippen LogP contribution in [0.4, 0.5) is 0 Å². The van der Waals surface area contributed by atoms with E-state index in [0.29, 0.717) is 0 Å². The number of benzene rings is 10. The van der Waals surface area contributed by atoms with Gasteiger partial charge in [0.05, 0.1) is 83.3 Å². The van der Waals surface area contributed by atoms with E-state index in [0.717, 1.165) is 187 Å². The lowest BCUT2D eigenvalue weighted by molar-refractivity contribution is 1.32. The van der Waals surface area contributed by atoms with Crippen molar-refractivity contribution in [3.05, 3.63) is 304 Å². The molecule has 96 heavy (non-hydrogen) atoms. The van der Waals surface area contributed by atoms with E-state index >= 15 is 0 Å². The number of hydrogen-bond acceptors (Lipinski definition) is 10. The topological polar surface area (TPSA) is 129 Å². The molecular formula is C86H50N10. The largest absolute Gasteiger partial charge is 0.256 e. The predicted molar refractivity (Wildman–Crippen MR) is 394 cm³/mol. The summed E-state index contributed by atoms with van der Waals surface area (Å²) < 4.78 is 0. The van der Waals surface area contributed by atoms with E-state index in [4.69, 9.17) is 39.9 Å². The molecule has 0 bridgehead atoms. The summed E-state index contributed by atoms with van der Waals surface area (Å²) in [4.78, 5) is 49.6. The number of para-hydroxylation sites is 2. The van der Waals surface area contributed by atoms with E-state index in [1.807, 2.05) is 61.3 Å². The van der Waals surface area contributed by atoms with E-state index in [9.17, 15) is 0 Å². The highest BCUT2D eigenvalue weighted by Crippen LogP contribution is 2.43. The Balaban J connectivity index is 0.000000135. The molecule has 0 atom stereocenters. The minimum Gasteiger partial charge on any atom is -0.256 e. The molecule has 0 aliphatic rings. The minimum absolute atomic E-state index is 0.816.